The van der Waals surface area contributed by atoms with Crippen LogP contribution in [0.5, 0.6) is 0 Å². The number of hydrogen-bond acceptors (Lipinski definition) is 1. The number of halogens is 3. The van der Waals surface area contributed by atoms with E-state index in [1.54, 1.807) is 0 Å². The topological polar surface area (TPSA) is 23.9 Å². The van der Waals surface area contributed by atoms with Crippen LogP contribution in [0, 0.1) is 5.41 Å². The quantitative estimate of drug-likeness (QED) is 0.454. The smallest absolute Gasteiger partial charge is 0.190 e. The Labute approximate surface area is 92.5 Å². The Bertz CT molecular complexity index is 102. The largest absolute Gasteiger partial charge is 0.313 e. The van der Waals surface area contributed by atoms with Crippen molar-refractivity contribution < 1.29 is 16.8 Å². The fourth-order valence-corrected chi connectivity index (χ4v) is 0.973. The van der Waals surface area contributed by atoms with Crippen LogP contribution in [0.2, 0.25) is 0 Å². The predicted molar refractivity (Wildman–Crippen MR) is 47.5 cm³/mol. The summed E-state index contributed by atoms with van der Waals surface area (Å²) in [7, 11) is 0. The van der Waals surface area contributed by atoms with E-state index in [1.807, 2.05) is 0 Å². The molecule has 0 aliphatic heterocycles. The maximum absolute atomic E-state index is 6.71. The van der Waals surface area contributed by atoms with E-state index in [4.69, 9.17) is 40.2 Å². The zero-order valence-electron chi connectivity index (χ0n) is 5.87. The van der Waals surface area contributed by atoms with Crippen molar-refractivity contribution in [3.05, 3.63) is 0 Å². The molecule has 11 heavy (non-hydrogen) atoms. The molecule has 0 atom stereocenters. The van der Waals surface area contributed by atoms with Crippen molar-refractivity contribution in [2.24, 2.45) is 0 Å². The van der Waals surface area contributed by atoms with Gasteiger partial charge in [0.05, 0.1) is 0 Å². The van der Waals surface area contributed by atoms with E-state index in [9.17, 15) is 0 Å². The molecular weight excluding hydrogens is 251 g/mol. The summed E-state index contributed by atoms with van der Waals surface area (Å²) in [5.74, 6) is 0. The number of unbranched alkanes of at least 4 members (excludes halogenated alkanes) is 2. The van der Waals surface area contributed by atoms with Gasteiger partial charge >= 0.3 is 0 Å². The third-order valence-corrected chi connectivity index (χ3v) is 1.63. The molecule has 0 amide bonds. The molecule has 0 aromatic rings. The van der Waals surface area contributed by atoms with Crippen molar-refractivity contribution in [3.8, 4) is 0 Å². The molecule has 0 rings (SSSR count). The molecule has 0 spiro atoms. The van der Waals surface area contributed by atoms with Crippen LogP contribution < -0.4 is 0 Å². The van der Waals surface area contributed by atoms with Gasteiger partial charge in [0.25, 0.3) is 0 Å². The van der Waals surface area contributed by atoms with Gasteiger partial charge in [-0.05, 0) is 31.9 Å². The molecule has 0 saturated carbocycles. The number of hydrogen-bond donors (Lipinski definition) is 1. The Morgan fingerprint density at radius 2 is 1.73 bits per heavy atom. The van der Waals surface area contributed by atoms with E-state index in [0.717, 1.165) is 19.3 Å². The molecule has 1 N–H and O–H groups in total. The van der Waals surface area contributed by atoms with Crippen LogP contribution in [0.25, 0.3) is 0 Å². The second-order valence-electron chi connectivity index (χ2n) is 2.07. The second-order valence-corrected chi connectivity index (χ2v) is 4.58. The summed E-state index contributed by atoms with van der Waals surface area (Å²) in [6.45, 7) is 0. The van der Waals surface area contributed by atoms with Gasteiger partial charge in [-0.15, -0.1) is 0 Å². The average molecular weight is 261 g/mol. The first-order valence-electron chi connectivity index (χ1n) is 3.12. The van der Waals surface area contributed by atoms with Crippen molar-refractivity contribution in [1.82, 2.24) is 0 Å². The predicted octanol–water partition coefficient (Wildman–Crippen LogP) is 3.56. The van der Waals surface area contributed by atoms with Crippen LogP contribution in [-0.2, 0) is 16.8 Å². The van der Waals surface area contributed by atoms with E-state index >= 15 is 0 Å². The minimum atomic E-state index is -1.11. The van der Waals surface area contributed by atoms with Gasteiger partial charge < -0.3 is 5.41 Å². The summed E-state index contributed by atoms with van der Waals surface area (Å²) in [5.41, 5.74) is 0. The van der Waals surface area contributed by atoms with Crippen LogP contribution in [0.4, 0.5) is 0 Å². The summed E-state index contributed by atoms with van der Waals surface area (Å²) in [6, 6.07) is 0. The van der Waals surface area contributed by atoms with Gasteiger partial charge in [-0.25, -0.2) is 0 Å². The van der Waals surface area contributed by atoms with Crippen LogP contribution >= 0.6 is 34.8 Å². The summed E-state index contributed by atoms with van der Waals surface area (Å²) in [4.78, 5) is 0. The van der Waals surface area contributed by atoms with Gasteiger partial charge in [0.2, 0.25) is 0 Å². The normalized spacial score (nSPS) is 10.5. The molecule has 0 aliphatic carbocycles. The van der Waals surface area contributed by atoms with Gasteiger partial charge in [0.1, 0.15) is 0 Å². The zero-order valence-corrected chi connectivity index (χ0v) is 9.18. The monoisotopic (exact) mass is 260 g/mol. The number of alkyl halides is 3. The minimum absolute atomic E-state index is 0. The fraction of sp³-hybridized carbons (Fsp3) is 0.833. The summed E-state index contributed by atoms with van der Waals surface area (Å²) in [6.07, 6.45) is 4.52. The molecule has 0 aromatic carbocycles. The van der Waals surface area contributed by atoms with Gasteiger partial charge in [-0.1, -0.05) is 34.8 Å². The van der Waals surface area contributed by atoms with E-state index < -0.39 is 3.79 Å². The van der Waals surface area contributed by atoms with Crippen LogP contribution in [0.15, 0.2) is 0 Å². The van der Waals surface area contributed by atoms with Crippen LogP contribution in [0.3, 0.4) is 0 Å². The SMILES string of the molecule is N=CCCCCC(Cl)(Cl)Cl.[Co]. The van der Waals surface area contributed by atoms with E-state index in [2.05, 4.69) is 0 Å². The molecule has 1 radical (unpaired) electrons. The molecule has 0 aromatic heterocycles. The number of nitrogens with one attached hydrogen (secondary N) is 1. The summed E-state index contributed by atoms with van der Waals surface area (Å²) >= 11 is 16.5. The second kappa shape index (κ2) is 7.68. The third-order valence-electron chi connectivity index (χ3n) is 1.06. The van der Waals surface area contributed by atoms with Gasteiger partial charge in [0.15, 0.2) is 3.79 Å². The first kappa shape index (κ1) is 14.6. The molecule has 5 heteroatoms. The molecule has 0 heterocycles. The molecule has 69 valence electrons. The molecule has 0 fully saturated rings. The van der Waals surface area contributed by atoms with Gasteiger partial charge in [-0.3, -0.25) is 0 Å². The van der Waals surface area contributed by atoms with Crippen molar-refractivity contribution in [2.75, 3.05) is 0 Å². The molecule has 0 unspecified atom stereocenters. The van der Waals surface area contributed by atoms with Crippen molar-refractivity contribution in [2.45, 2.75) is 29.5 Å². The van der Waals surface area contributed by atoms with Crippen molar-refractivity contribution in [1.29, 1.82) is 5.41 Å². The first-order valence-corrected chi connectivity index (χ1v) is 4.25. The van der Waals surface area contributed by atoms with E-state index in [1.165, 1.54) is 6.21 Å². The Kier molecular flexibility index (Phi) is 10.2. The third kappa shape index (κ3) is 14.0. The molecule has 0 bridgehead atoms. The molecule has 1 nitrogen and oxygen atoms in total. The number of rotatable bonds is 4. The Morgan fingerprint density at radius 1 is 1.18 bits per heavy atom. The van der Waals surface area contributed by atoms with Crippen molar-refractivity contribution >= 4 is 41.0 Å². The zero-order chi connectivity index (χ0) is 8.04. The molecule has 0 saturated heterocycles. The van der Waals surface area contributed by atoms with Crippen LogP contribution in [0.1, 0.15) is 25.7 Å². The van der Waals surface area contributed by atoms with Crippen LogP contribution in [-0.4, -0.2) is 10.0 Å². The minimum Gasteiger partial charge on any atom is -0.313 e. The fourth-order valence-electron chi connectivity index (χ4n) is 0.572. The summed E-state index contributed by atoms with van der Waals surface area (Å²) in [5, 5.41) is 6.71. The Morgan fingerprint density at radius 3 is 2.09 bits per heavy atom. The standard InChI is InChI=1S/C6H10Cl3N.Co/c7-6(8,9)4-2-1-3-5-10;/h5,10H,1-4H2;. The molecular formula is C6H10Cl3CoN. The van der Waals surface area contributed by atoms with Gasteiger partial charge in [-0.2, -0.15) is 0 Å². The maximum atomic E-state index is 6.71. The van der Waals surface area contributed by atoms with E-state index in [0.29, 0.717) is 6.42 Å². The average Bonchev–Trinajstić information content (AvgIpc) is 1.78. The Balaban J connectivity index is 0. The van der Waals surface area contributed by atoms with Crippen molar-refractivity contribution in [3.63, 3.8) is 0 Å². The molecule has 0 aliphatic rings. The van der Waals surface area contributed by atoms with E-state index in [-0.39, 0.29) is 16.8 Å². The Hall–Kier alpha value is 1.05. The maximum Gasteiger partial charge on any atom is 0.190 e. The van der Waals surface area contributed by atoms with Gasteiger partial charge in [0, 0.05) is 16.8 Å². The summed E-state index contributed by atoms with van der Waals surface area (Å²) < 4.78 is -1.11. The first-order chi connectivity index (χ1) is 4.56.